The highest BCUT2D eigenvalue weighted by Gasteiger charge is 2.34. The van der Waals surface area contributed by atoms with Gasteiger partial charge in [-0.1, -0.05) is 24.3 Å². The third-order valence-corrected chi connectivity index (χ3v) is 1.82. The van der Waals surface area contributed by atoms with Crippen LogP contribution in [0.3, 0.4) is 0 Å². The van der Waals surface area contributed by atoms with Gasteiger partial charge in [0.2, 0.25) is 0 Å². The molecule has 0 aliphatic heterocycles. The second kappa shape index (κ2) is 4.16. The lowest BCUT2D eigenvalue weighted by molar-refractivity contribution is -0.182. The maximum atomic E-state index is 10.6. The number of ether oxygens (including phenoxy) is 1. The van der Waals surface area contributed by atoms with Gasteiger partial charge < -0.3 is 14.6 Å². The van der Waals surface area contributed by atoms with E-state index < -0.39 is 11.7 Å². The fourth-order valence-corrected chi connectivity index (χ4v) is 1.11. The summed E-state index contributed by atoms with van der Waals surface area (Å²) in [6.45, 7) is 3.67. The van der Waals surface area contributed by atoms with Gasteiger partial charge in [-0.25, -0.2) is 0 Å². The van der Waals surface area contributed by atoms with E-state index in [4.69, 9.17) is 4.74 Å². The quantitative estimate of drug-likeness (QED) is 0.396. The summed E-state index contributed by atoms with van der Waals surface area (Å²) < 4.78 is 5.09. The maximum Gasteiger partial charge on any atom is 0.199 e. The van der Waals surface area contributed by atoms with E-state index in [1.54, 1.807) is 18.2 Å². The average molecular weight is 180 g/mol. The molecular formula is C10H12O3. The topological polar surface area (TPSA) is 46.5 Å². The molecule has 13 heavy (non-hydrogen) atoms. The smallest absolute Gasteiger partial charge is 0.199 e. The summed E-state index contributed by atoms with van der Waals surface area (Å²) in [7, 11) is 0. The van der Waals surface area contributed by atoms with Crippen LogP contribution in [0.4, 0.5) is 0 Å². The third kappa shape index (κ3) is 2.14. The molecule has 2 atom stereocenters. The van der Waals surface area contributed by atoms with Crippen molar-refractivity contribution in [2.75, 3.05) is 6.61 Å². The molecule has 1 rings (SSSR count). The Morgan fingerprint density at radius 3 is 3.00 bits per heavy atom. The van der Waals surface area contributed by atoms with Crippen LogP contribution in [0.5, 0.6) is 0 Å². The summed E-state index contributed by atoms with van der Waals surface area (Å²) >= 11 is 0. The zero-order chi connectivity index (χ0) is 9.73. The highest BCUT2D eigenvalue weighted by molar-refractivity contribution is 5.60. The molecule has 3 nitrogen and oxygen atoms in total. The number of aldehydes is 1. The number of carbonyl (C=O) groups excluding carboxylic acids is 1. The van der Waals surface area contributed by atoms with Crippen molar-refractivity contribution in [3.63, 3.8) is 0 Å². The lowest BCUT2D eigenvalue weighted by atomic mass is 9.95. The summed E-state index contributed by atoms with van der Waals surface area (Å²) in [5.41, 5.74) is 0. The zero-order valence-electron chi connectivity index (χ0n) is 7.22. The zero-order valence-corrected chi connectivity index (χ0v) is 7.22. The van der Waals surface area contributed by atoms with E-state index in [0.29, 0.717) is 6.29 Å². The van der Waals surface area contributed by atoms with Crippen LogP contribution >= 0.6 is 0 Å². The Hall–Kier alpha value is -1.19. The van der Waals surface area contributed by atoms with Gasteiger partial charge >= 0.3 is 0 Å². The molecule has 0 saturated heterocycles. The van der Waals surface area contributed by atoms with Gasteiger partial charge in [-0.05, 0) is 6.08 Å². The van der Waals surface area contributed by atoms with Crippen LogP contribution in [0.2, 0.25) is 0 Å². The fraction of sp³-hybridized carbons (Fsp3) is 0.300. The molecule has 0 saturated carbocycles. The van der Waals surface area contributed by atoms with Gasteiger partial charge in [-0.3, -0.25) is 0 Å². The standard InChI is InChI=1S/C10H12O3/c1-2-7-13-10(12)6-4-3-5-9(10)8-11/h2-6,8-9,12H,1,7H2. The van der Waals surface area contributed by atoms with Crippen LogP contribution in [0.15, 0.2) is 37.0 Å². The van der Waals surface area contributed by atoms with Crippen LogP contribution in [0, 0.1) is 5.92 Å². The third-order valence-electron chi connectivity index (χ3n) is 1.82. The Labute approximate surface area is 77.0 Å². The summed E-state index contributed by atoms with van der Waals surface area (Å²) in [4.78, 5) is 10.6. The summed E-state index contributed by atoms with van der Waals surface area (Å²) in [5.74, 6) is -2.15. The largest absolute Gasteiger partial charge is 0.361 e. The number of allylic oxidation sites excluding steroid dienone is 2. The first kappa shape index (κ1) is 9.89. The maximum absolute atomic E-state index is 10.6. The van der Waals surface area contributed by atoms with Crippen molar-refractivity contribution >= 4 is 6.29 Å². The van der Waals surface area contributed by atoms with Crippen molar-refractivity contribution in [2.45, 2.75) is 5.79 Å². The fourth-order valence-electron chi connectivity index (χ4n) is 1.11. The predicted octanol–water partition coefficient (Wildman–Crippen LogP) is 0.819. The summed E-state index contributed by atoms with van der Waals surface area (Å²) in [6.07, 6.45) is 8.56. The minimum atomic E-state index is -1.51. The van der Waals surface area contributed by atoms with Gasteiger partial charge in [0, 0.05) is 0 Å². The molecule has 0 aromatic rings. The van der Waals surface area contributed by atoms with Crippen molar-refractivity contribution < 1.29 is 14.6 Å². The van der Waals surface area contributed by atoms with Crippen molar-refractivity contribution in [3.8, 4) is 0 Å². The molecule has 0 bridgehead atoms. The highest BCUT2D eigenvalue weighted by atomic mass is 16.6. The number of hydrogen-bond acceptors (Lipinski definition) is 3. The summed E-state index contributed by atoms with van der Waals surface area (Å²) in [6, 6.07) is 0. The molecule has 70 valence electrons. The molecule has 2 unspecified atom stereocenters. The van der Waals surface area contributed by atoms with Crippen LogP contribution in [-0.4, -0.2) is 23.8 Å². The van der Waals surface area contributed by atoms with Crippen LogP contribution in [0.1, 0.15) is 0 Å². The molecule has 0 fully saturated rings. The Morgan fingerprint density at radius 1 is 1.62 bits per heavy atom. The van der Waals surface area contributed by atoms with Crippen molar-refractivity contribution in [3.05, 3.63) is 37.0 Å². The van der Waals surface area contributed by atoms with E-state index in [1.807, 2.05) is 0 Å². The molecule has 3 heteroatoms. The number of carbonyl (C=O) groups is 1. The molecule has 0 radical (unpaired) electrons. The van der Waals surface area contributed by atoms with Crippen molar-refractivity contribution in [1.29, 1.82) is 0 Å². The van der Waals surface area contributed by atoms with E-state index in [2.05, 4.69) is 6.58 Å². The monoisotopic (exact) mass is 180 g/mol. The van der Waals surface area contributed by atoms with E-state index >= 15 is 0 Å². The lowest BCUT2D eigenvalue weighted by Gasteiger charge is -2.29. The minimum Gasteiger partial charge on any atom is -0.361 e. The van der Waals surface area contributed by atoms with E-state index in [0.717, 1.165) is 0 Å². The molecule has 1 aliphatic rings. The first-order valence-corrected chi connectivity index (χ1v) is 4.01. The highest BCUT2D eigenvalue weighted by Crippen LogP contribution is 2.24. The molecule has 1 N–H and O–H groups in total. The van der Waals surface area contributed by atoms with Crippen molar-refractivity contribution in [1.82, 2.24) is 0 Å². The van der Waals surface area contributed by atoms with Crippen molar-refractivity contribution in [2.24, 2.45) is 5.92 Å². The molecule has 1 aliphatic carbocycles. The van der Waals surface area contributed by atoms with Gasteiger partial charge in [-0.15, -0.1) is 6.58 Å². The minimum absolute atomic E-state index is 0.207. The van der Waals surface area contributed by atoms with Gasteiger partial charge in [0.15, 0.2) is 5.79 Å². The number of rotatable bonds is 4. The van der Waals surface area contributed by atoms with Gasteiger partial charge in [0.1, 0.15) is 6.29 Å². The van der Waals surface area contributed by atoms with E-state index in [-0.39, 0.29) is 6.61 Å². The molecule has 0 aromatic carbocycles. The number of aliphatic hydroxyl groups is 1. The average Bonchev–Trinajstić information content (AvgIpc) is 2.16. The molecule has 0 amide bonds. The second-order valence-electron chi connectivity index (χ2n) is 2.76. The first-order valence-electron chi connectivity index (χ1n) is 4.01. The predicted molar refractivity (Wildman–Crippen MR) is 48.9 cm³/mol. The molecule has 0 aromatic heterocycles. The number of hydrogen-bond donors (Lipinski definition) is 1. The molecule has 0 heterocycles. The van der Waals surface area contributed by atoms with Gasteiger partial charge in [-0.2, -0.15) is 0 Å². The Kier molecular flexibility index (Phi) is 3.17. The SMILES string of the molecule is C=CCOC1(O)C=CC=CC1C=O. The Balaban J connectivity index is 2.73. The molecule has 0 spiro atoms. The Morgan fingerprint density at radius 2 is 2.38 bits per heavy atom. The first-order chi connectivity index (χ1) is 6.23. The van der Waals surface area contributed by atoms with E-state index in [9.17, 15) is 9.90 Å². The van der Waals surface area contributed by atoms with Crippen LogP contribution < -0.4 is 0 Å². The normalized spacial score (nSPS) is 31.6. The summed E-state index contributed by atoms with van der Waals surface area (Å²) in [5, 5.41) is 9.82. The lowest BCUT2D eigenvalue weighted by Crippen LogP contribution is -2.40. The molecular weight excluding hydrogens is 168 g/mol. The second-order valence-corrected chi connectivity index (χ2v) is 2.76. The van der Waals surface area contributed by atoms with Crippen LogP contribution in [0.25, 0.3) is 0 Å². The van der Waals surface area contributed by atoms with E-state index in [1.165, 1.54) is 12.2 Å². The van der Waals surface area contributed by atoms with Gasteiger partial charge in [0.05, 0.1) is 12.5 Å². The Bertz CT molecular complexity index is 255. The van der Waals surface area contributed by atoms with Gasteiger partial charge in [0.25, 0.3) is 0 Å². The van der Waals surface area contributed by atoms with Crippen LogP contribution in [-0.2, 0) is 9.53 Å².